The van der Waals surface area contributed by atoms with Gasteiger partial charge >= 0.3 is 6.03 Å². The highest BCUT2D eigenvalue weighted by Crippen LogP contribution is 2.35. The first-order valence-corrected chi connectivity index (χ1v) is 9.12. The highest BCUT2D eigenvalue weighted by molar-refractivity contribution is 7.99. The minimum Gasteiger partial charge on any atom is -0.333 e. The number of aromatic nitrogens is 1. The molecule has 1 atom stereocenters. The molecule has 0 saturated carbocycles. The summed E-state index contributed by atoms with van der Waals surface area (Å²) in [5.74, 6) is 1.04. The first-order valence-electron chi connectivity index (χ1n) is 7.32. The van der Waals surface area contributed by atoms with Crippen molar-refractivity contribution in [2.45, 2.75) is 37.8 Å². The fraction of sp³-hybridized carbons (Fsp3) is 0.375. The lowest BCUT2D eigenvalue weighted by molar-refractivity contribution is 0.236. The molecule has 0 spiro atoms. The molecule has 1 aliphatic rings. The number of fused-ring (bicyclic) bond motifs is 1. The van der Waals surface area contributed by atoms with Gasteiger partial charge in [-0.25, -0.2) is 9.78 Å². The summed E-state index contributed by atoms with van der Waals surface area (Å²) in [7, 11) is 0. The fourth-order valence-electron chi connectivity index (χ4n) is 2.60. The first kappa shape index (κ1) is 15.4. The standard InChI is InChI=1S/C16H19N3OS2/c1-10-15(22-11(2)18-10)9-17-16(20)19-13-7-8-21-14-6-4-3-5-12(13)14/h3-6,13H,7-9H2,1-2H3,(H2,17,19,20). The normalized spacial score (nSPS) is 16.9. The fourth-order valence-corrected chi connectivity index (χ4v) is 4.60. The average molecular weight is 333 g/mol. The van der Waals surface area contributed by atoms with Crippen molar-refractivity contribution in [3.63, 3.8) is 0 Å². The molecule has 1 aromatic carbocycles. The van der Waals surface area contributed by atoms with Gasteiger partial charge in [0.1, 0.15) is 0 Å². The molecule has 2 heterocycles. The monoisotopic (exact) mass is 333 g/mol. The predicted octanol–water partition coefficient (Wildman–Crippen LogP) is 3.80. The highest BCUT2D eigenvalue weighted by Gasteiger charge is 2.21. The highest BCUT2D eigenvalue weighted by atomic mass is 32.2. The van der Waals surface area contributed by atoms with Crippen LogP contribution in [0.4, 0.5) is 4.79 Å². The molecule has 1 aliphatic heterocycles. The van der Waals surface area contributed by atoms with Gasteiger partial charge in [-0.1, -0.05) is 18.2 Å². The maximum atomic E-state index is 12.2. The molecule has 22 heavy (non-hydrogen) atoms. The summed E-state index contributed by atoms with van der Waals surface area (Å²) in [6, 6.07) is 8.28. The number of aryl methyl sites for hydroxylation is 2. The number of urea groups is 1. The largest absolute Gasteiger partial charge is 0.333 e. The second kappa shape index (κ2) is 6.71. The molecule has 1 unspecified atom stereocenters. The van der Waals surface area contributed by atoms with Crippen molar-refractivity contribution in [3.8, 4) is 0 Å². The van der Waals surface area contributed by atoms with E-state index in [0.29, 0.717) is 6.54 Å². The number of benzene rings is 1. The number of thiazole rings is 1. The van der Waals surface area contributed by atoms with Crippen molar-refractivity contribution in [1.82, 2.24) is 15.6 Å². The Balaban J connectivity index is 1.60. The molecule has 2 aromatic rings. The van der Waals surface area contributed by atoms with Crippen LogP contribution in [-0.4, -0.2) is 16.8 Å². The van der Waals surface area contributed by atoms with Crippen molar-refractivity contribution in [3.05, 3.63) is 45.4 Å². The van der Waals surface area contributed by atoms with Crippen LogP contribution in [0, 0.1) is 13.8 Å². The van der Waals surface area contributed by atoms with E-state index in [0.717, 1.165) is 27.8 Å². The van der Waals surface area contributed by atoms with Crippen LogP contribution in [0.15, 0.2) is 29.2 Å². The summed E-state index contributed by atoms with van der Waals surface area (Å²) in [6.45, 7) is 4.50. The van der Waals surface area contributed by atoms with Gasteiger partial charge in [-0.3, -0.25) is 0 Å². The topological polar surface area (TPSA) is 54.0 Å². The van der Waals surface area contributed by atoms with Crippen molar-refractivity contribution >= 4 is 29.1 Å². The number of rotatable bonds is 3. The quantitative estimate of drug-likeness (QED) is 0.898. The van der Waals surface area contributed by atoms with Gasteiger partial charge in [-0.2, -0.15) is 0 Å². The van der Waals surface area contributed by atoms with E-state index in [1.165, 1.54) is 10.5 Å². The molecular weight excluding hydrogens is 314 g/mol. The minimum atomic E-state index is -0.114. The number of hydrogen-bond acceptors (Lipinski definition) is 4. The molecule has 0 bridgehead atoms. The average Bonchev–Trinajstić information content (AvgIpc) is 2.83. The van der Waals surface area contributed by atoms with Crippen LogP contribution < -0.4 is 10.6 Å². The van der Waals surface area contributed by atoms with Crippen molar-refractivity contribution < 1.29 is 4.79 Å². The van der Waals surface area contributed by atoms with Gasteiger partial charge in [0, 0.05) is 15.5 Å². The molecule has 3 rings (SSSR count). The Morgan fingerprint density at radius 3 is 2.95 bits per heavy atom. The van der Waals surface area contributed by atoms with Gasteiger partial charge in [0.2, 0.25) is 0 Å². The van der Waals surface area contributed by atoms with Crippen LogP contribution in [0.5, 0.6) is 0 Å². The van der Waals surface area contributed by atoms with Crippen LogP contribution in [0.1, 0.15) is 33.6 Å². The smallest absolute Gasteiger partial charge is 0.315 e. The van der Waals surface area contributed by atoms with Gasteiger partial charge in [0.15, 0.2) is 0 Å². The third-order valence-corrected chi connectivity index (χ3v) is 5.87. The molecule has 116 valence electrons. The number of carbonyl (C=O) groups is 1. The lowest BCUT2D eigenvalue weighted by Crippen LogP contribution is -2.38. The summed E-state index contributed by atoms with van der Waals surface area (Å²) < 4.78 is 0. The van der Waals surface area contributed by atoms with Gasteiger partial charge < -0.3 is 10.6 Å². The van der Waals surface area contributed by atoms with E-state index in [2.05, 4.69) is 27.8 Å². The summed E-state index contributed by atoms with van der Waals surface area (Å²) in [5, 5.41) is 7.07. The number of nitrogens with zero attached hydrogens (tertiary/aromatic N) is 1. The van der Waals surface area contributed by atoms with Crippen molar-refractivity contribution in [1.29, 1.82) is 0 Å². The third-order valence-electron chi connectivity index (χ3n) is 3.67. The minimum absolute atomic E-state index is 0.0988. The summed E-state index contributed by atoms with van der Waals surface area (Å²) >= 11 is 3.49. The third kappa shape index (κ3) is 3.44. The van der Waals surface area contributed by atoms with E-state index in [-0.39, 0.29) is 12.1 Å². The number of carbonyl (C=O) groups excluding carboxylic acids is 1. The number of thioether (sulfide) groups is 1. The number of amides is 2. The Bertz CT molecular complexity index is 684. The van der Waals surface area contributed by atoms with Gasteiger partial charge in [0.25, 0.3) is 0 Å². The number of nitrogens with one attached hydrogen (secondary N) is 2. The Morgan fingerprint density at radius 1 is 1.36 bits per heavy atom. The Hall–Kier alpha value is -1.53. The van der Waals surface area contributed by atoms with Crippen LogP contribution in [0.25, 0.3) is 0 Å². The van der Waals surface area contributed by atoms with E-state index in [1.807, 2.05) is 37.7 Å². The molecule has 2 N–H and O–H groups in total. The van der Waals surface area contributed by atoms with Crippen LogP contribution in [0.2, 0.25) is 0 Å². The van der Waals surface area contributed by atoms with Crippen molar-refractivity contribution in [2.24, 2.45) is 0 Å². The Labute approximate surface area is 138 Å². The Kier molecular flexibility index (Phi) is 4.69. The van der Waals surface area contributed by atoms with Gasteiger partial charge in [0.05, 0.1) is 23.3 Å². The predicted molar refractivity (Wildman–Crippen MR) is 91.5 cm³/mol. The van der Waals surface area contributed by atoms with Crippen molar-refractivity contribution in [2.75, 3.05) is 5.75 Å². The van der Waals surface area contributed by atoms with Crippen LogP contribution in [-0.2, 0) is 6.54 Å². The van der Waals surface area contributed by atoms with E-state index in [9.17, 15) is 4.79 Å². The second-order valence-electron chi connectivity index (χ2n) is 5.30. The molecule has 4 nitrogen and oxygen atoms in total. The maximum Gasteiger partial charge on any atom is 0.315 e. The molecule has 0 radical (unpaired) electrons. The first-order chi connectivity index (χ1) is 10.6. The molecule has 2 amide bonds. The summed E-state index contributed by atoms with van der Waals surface area (Å²) in [4.78, 5) is 18.9. The SMILES string of the molecule is Cc1nc(C)c(CNC(=O)NC2CCSc3ccccc32)s1. The zero-order chi connectivity index (χ0) is 15.5. The molecule has 6 heteroatoms. The van der Waals surface area contributed by atoms with Crippen LogP contribution >= 0.6 is 23.1 Å². The number of hydrogen-bond donors (Lipinski definition) is 2. The Morgan fingerprint density at radius 2 is 2.18 bits per heavy atom. The van der Waals surface area contributed by atoms with E-state index in [1.54, 1.807) is 11.3 Å². The second-order valence-corrected chi connectivity index (χ2v) is 7.72. The van der Waals surface area contributed by atoms with Crippen LogP contribution in [0.3, 0.4) is 0 Å². The maximum absolute atomic E-state index is 12.2. The van der Waals surface area contributed by atoms with E-state index in [4.69, 9.17) is 0 Å². The lowest BCUT2D eigenvalue weighted by atomic mass is 10.0. The van der Waals surface area contributed by atoms with E-state index < -0.39 is 0 Å². The lowest BCUT2D eigenvalue weighted by Gasteiger charge is -2.25. The van der Waals surface area contributed by atoms with Gasteiger partial charge in [-0.05, 0) is 31.9 Å². The summed E-state index contributed by atoms with van der Waals surface area (Å²) in [5.41, 5.74) is 2.22. The zero-order valence-electron chi connectivity index (χ0n) is 12.7. The molecule has 0 aliphatic carbocycles. The molecule has 0 fully saturated rings. The van der Waals surface area contributed by atoms with Gasteiger partial charge in [-0.15, -0.1) is 23.1 Å². The molecule has 0 saturated heterocycles. The molecule has 1 aromatic heterocycles. The zero-order valence-corrected chi connectivity index (χ0v) is 14.3. The summed E-state index contributed by atoms with van der Waals surface area (Å²) in [6.07, 6.45) is 0.966. The molecular formula is C16H19N3OS2. The van der Waals surface area contributed by atoms with E-state index >= 15 is 0 Å².